The van der Waals surface area contributed by atoms with Crippen molar-refractivity contribution in [2.24, 2.45) is 0 Å². The van der Waals surface area contributed by atoms with Crippen molar-refractivity contribution in [3.05, 3.63) is 22.9 Å². The van der Waals surface area contributed by atoms with Crippen LogP contribution in [0.1, 0.15) is 37.6 Å². The Kier molecular flexibility index (Phi) is 3.83. The van der Waals surface area contributed by atoms with Crippen LogP contribution in [0.25, 0.3) is 0 Å². The summed E-state index contributed by atoms with van der Waals surface area (Å²) in [6, 6.07) is 2.02. The number of ether oxygens (including phenoxy) is 1. The number of aromatic nitrogens is 1. The highest BCUT2D eigenvalue weighted by molar-refractivity contribution is 5.52. The number of aliphatic hydroxyl groups is 1. The second-order valence-electron chi connectivity index (χ2n) is 6.11. The molecule has 0 saturated carbocycles. The van der Waals surface area contributed by atoms with E-state index in [1.54, 1.807) is 0 Å². The summed E-state index contributed by atoms with van der Waals surface area (Å²) in [5.74, 6) is 0.906. The van der Waals surface area contributed by atoms with E-state index < -0.39 is 0 Å². The van der Waals surface area contributed by atoms with Crippen molar-refractivity contribution in [2.45, 2.75) is 52.9 Å². The van der Waals surface area contributed by atoms with Gasteiger partial charge in [-0.05, 0) is 46.2 Å². The van der Waals surface area contributed by atoms with Crippen LogP contribution < -0.4 is 4.90 Å². The molecule has 1 aliphatic heterocycles. The van der Waals surface area contributed by atoms with Crippen molar-refractivity contribution in [2.75, 3.05) is 18.0 Å². The highest BCUT2D eigenvalue weighted by atomic mass is 16.5. The van der Waals surface area contributed by atoms with Crippen LogP contribution in [0, 0.1) is 13.8 Å². The first-order valence-electron chi connectivity index (χ1n) is 6.83. The van der Waals surface area contributed by atoms with E-state index in [0.29, 0.717) is 0 Å². The van der Waals surface area contributed by atoms with Gasteiger partial charge in [-0.25, -0.2) is 4.98 Å². The summed E-state index contributed by atoms with van der Waals surface area (Å²) in [4.78, 5) is 6.87. The fraction of sp³-hybridized carbons (Fsp3) is 0.667. The summed E-state index contributed by atoms with van der Waals surface area (Å²) in [5.41, 5.74) is 2.82. The predicted octanol–water partition coefficient (Wildman–Crippen LogP) is 2.19. The van der Waals surface area contributed by atoms with Gasteiger partial charge in [-0.15, -0.1) is 0 Å². The van der Waals surface area contributed by atoms with Gasteiger partial charge >= 0.3 is 0 Å². The fourth-order valence-corrected chi connectivity index (χ4v) is 2.92. The summed E-state index contributed by atoms with van der Waals surface area (Å²) in [7, 11) is 0. The summed E-state index contributed by atoms with van der Waals surface area (Å²) in [6.07, 6.45) is 0.165. The molecule has 2 heterocycles. The number of nitrogens with zero attached hydrogens (tertiary/aromatic N) is 2. The van der Waals surface area contributed by atoms with Gasteiger partial charge in [0, 0.05) is 24.3 Å². The van der Waals surface area contributed by atoms with Crippen molar-refractivity contribution < 1.29 is 9.84 Å². The first-order valence-corrected chi connectivity index (χ1v) is 6.83. The Labute approximate surface area is 115 Å². The molecule has 0 spiro atoms. The van der Waals surface area contributed by atoms with E-state index in [-0.39, 0.29) is 18.3 Å². The highest BCUT2D eigenvalue weighted by Crippen LogP contribution is 2.29. The minimum atomic E-state index is -0.191. The maximum Gasteiger partial charge on any atom is 0.134 e. The molecular formula is C15H24N2O2. The van der Waals surface area contributed by atoms with Crippen LogP contribution in [0.15, 0.2) is 6.07 Å². The van der Waals surface area contributed by atoms with Crippen LogP contribution in [0.3, 0.4) is 0 Å². The molecule has 0 aromatic carbocycles. The van der Waals surface area contributed by atoms with Crippen LogP contribution in [-0.2, 0) is 11.3 Å². The van der Waals surface area contributed by atoms with E-state index in [9.17, 15) is 5.11 Å². The predicted molar refractivity (Wildman–Crippen MR) is 76.5 cm³/mol. The second-order valence-corrected chi connectivity index (χ2v) is 6.11. The maximum absolute atomic E-state index is 9.62. The number of hydrogen-bond acceptors (Lipinski definition) is 4. The molecule has 0 bridgehead atoms. The number of hydrogen-bond donors (Lipinski definition) is 1. The number of aryl methyl sites for hydroxylation is 2. The van der Waals surface area contributed by atoms with Crippen molar-refractivity contribution >= 4 is 5.82 Å². The second kappa shape index (κ2) is 5.10. The Hall–Kier alpha value is -1.13. The zero-order valence-corrected chi connectivity index (χ0v) is 12.5. The average molecular weight is 264 g/mol. The highest BCUT2D eigenvalue weighted by Gasteiger charge is 2.33. The number of pyridine rings is 1. The summed E-state index contributed by atoms with van der Waals surface area (Å²) in [5, 5.41) is 9.62. The van der Waals surface area contributed by atoms with Crippen molar-refractivity contribution in [3.63, 3.8) is 0 Å². The lowest BCUT2D eigenvalue weighted by Crippen LogP contribution is -2.52. The number of aliphatic hydroxyl groups excluding tert-OH is 1. The lowest BCUT2D eigenvalue weighted by Gasteiger charge is -2.43. The summed E-state index contributed by atoms with van der Waals surface area (Å²) < 4.78 is 5.93. The molecule has 1 aromatic rings. The molecule has 1 unspecified atom stereocenters. The van der Waals surface area contributed by atoms with Crippen LogP contribution >= 0.6 is 0 Å². The van der Waals surface area contributed by atoms with E-state index >= 15 is 0 Å². The zero-order chi connectivity index (χ0) is 14.2. The molecule has 1 aliphatic rings. The Morgan fingerprint density at radius 1 is 1.47 bits per heavy atom. The monoisotopic (exact) mass is 264 g/mol. The van der Waals surface area contributed by atoms with Crippen LogP contribution in [0.5, 0.6) is 0 Å². The molecule has 1 aromatic heterocycles. The SMILES string of the molecule is Cc1cc(C)c(CO)c(N2CC(C)OC(C)(C)C2)n1. The third-order valence-electron chi connectivity index (χ3n) is 3.48. The van der Waals surface area contributed by atoms with Gasteiger partial charge in [-0.3, -0.25) is 0 Å². The van der Waals surface area contributed by atoms with Gasteiger partial charge in [0.2, 0.25) is 0 Å². The molecule has 4 nitrogen and oxygen atoms in total. The van der Waals surface area contributed by atoms with Crippen LogP contribution in [0.4, 0.5) is 5.82 Å². The number of morpholine rings is 1. The van der Waals surface area contributed by atoms with Gasteiger partial charge in [0.15, 0.2) is 0 Å². The minimum Gasteiger partial charge on any atom is -0.392 e. The first-order chi connectivity index (χ1) is 8.82. The number of anilines is 1. The maximum atomic E-state index is 9.62. The van der Waals surface area contributed by atoms with E-state index in [2.05, 4.69) is 30.7 Å². The lowest BCUT2D eigenvalue weighted by molar-refractivity contribution is -0.0752. The third-order valence-corrected chi connectivity index (χ3v) is 3.48. The Morgan fingerprint density at radius 2 is 2.16 bits per heavy atom. The van der Waals surface area contributed by atoms with Crippen LogP contribution in [0.2, 0.25) is 0 Å². The molecule has 0 aliphatic carbocycles. The van der Waals surface area contributed by atoms with Gasteiger partial charge in [0.1, 0.15) is 5.82 Å². The summed E-state index contributed by atoms with van der Waals surface area (Å²) in [6.45, 7) is 11.9. The van der Waals surface area contributed by atoms with Crippen LogP contribution in [-0.4, -0.2) is 34.9 Å². The number of rotatable bonds is 2. The zero-order valence-electron chi connectivity index (χ0n) is 12.5. The van der Waals surface area contributed by atoms with Gasteiger partial charge in [0.25, 0.3) is 0 Å². The van der Waals surface area contributed by atoms with Gasteiger partial charge in [-0.1, -0.05) is 0 Å². The molecule has 1 N–H and O–H groups in total. The molecule has 19 heavy (non-hydrogen) atoms. The molecular weight excluding hydrogens is 240 g/mol. The Balaban J connectivity index is 2.40. The minimum absolute atomic E-state index is 0.0284. The Morgan fingerprint density at radius 3 is 2.74 bits per heavy atom. The lowest BCUT2D eigenvalue weighted by atomic mass is 10.0. The van der Waals surface area contributed by atoms with Crippen molar-refractivity contribution in [3.8, 4) is 0 Å². The molecule has 0 radical (unpaired) electrons. The molecule has 2 rings (SSSR count). The Bertz CT molecular complexity index is 471. The van der Waals surface area contributed by atoms with E-state index in [4.69, 9.17) is 4.74 Å². The smallest absolute Gasteiger partial charge is 0.134 e. The normalized spacial score (nSPS) is 22.6. The van der Waals surface area contributed by atoms with E-state index in [0.717, 1.165) is 35.7 Å². The average Bonchev–Trinajstić information content (AvgIpc) is 2.25. The molecule has 1 fully saturated rings. The quantitative estimate of drug-likeness (QED) is 0.889. The topological polar surface area (TPSA) is 45.6 Å². The van der Waals surface area contributed by atoms with Gasteiger partial charge in [0.05, 0.1) is 18.3 Å². The molecule has 1 saturated heterocycles. The van der Waals surface area contributed by atoms with Crippen molar-refractivity contribution in [1.82, 2.24) is 4.98 Å². The molecule has 106 valence electrons. The third kappa shape index (κ3) is 3.07. The molecule has 1 atom stereocenters. The summed E-state index contributed by atoms with van der Waals surface area (Å²) >= 11 is 0. The molecule has 4 heteroatoms. The standard InChI is InChI=1S/C15H24N2O2/c1-10-6-11(2)16-14(13(10)8-18)17-7-12(3)19-15(4,5)9-17/h6,12,18H,7-9H2,1-5H3. The van der Waals surface area contributed by atoms with Gasteiger partial charge in [-0.2, -0.15) is 0 Å². The molecule has 0 amide bonds. The largest absolute Gasteiger partial charge is 0.392 e. The van der Waals surface area contributed by atoms with E-state index in [1.807, 2.05) is 19.9 Å². The van der Waals surface area contributed by atoms with Gasteiger partial charge < -0.3 is 14.7 Å². The first kappa shape index (κ1) is 14.3. The fourth-order valence-electron chi connectivity index (χ4n) is 2.92. The van der Waals surface area contributed by atoms with Crippen molar-refractivity contribution in [1.29, 1.82) is 0 Å². The van der Waals surface area contributed by atoms with E-state index in [1.165, 1.54) is 0 Å².